The topological polar surface area (TPSA) is 116 Å². The number of anilines is 1. The van der Waals surface area contributed by atoms with Gasteiger partial charge in [0.05, 0.1) is 23.3 Å². The molecule has 1 saturated heterocycles. The van der Waals surface area contributed by atoms with Gasteiger partial charge < -0.3 is 14.6 Å². The van der Waals surface area contributed by atoms with Crippen LogP contribution in [0.1, 0.15) is 22.8 Å². The highest BCUT2D eigenvalue weighted by Gasteiger charge is 2.37. The van der Waals surface area contributed by atoms with Crippen molar-refractivity contribution < 1.29 is 29.0 Å². The molecule has 4 amide bonds. The number of aromatic carboxylic acids is 1. The van der Waals surface area contributed by atoms with E-state index in [2.05, 4.69) is 5.32 Å². The van der Waals surface area contributed by atoms with Gasteiger partial charge >= 0.3 is 6.03 Å². The normalized spacial score (nSPS) is 15.4. The van der Waals surface area contributed by atoms with Crippen LogP contribution < -0.4 is 20.1 Å². The molecule has 0 unspecified atom stereocenters. The fraction of sp³-hybridized carbons (Fsp3) is 0.100. The molecule has 1 aliphatic rings. The predicted molar refractivity (Wildman–Crippen MR) is 102 cm³/mol. The van der Waals surface area contributed by atoms with Crippen molar-refractivity contribution in [2.75, 3.05) is 11.5 Å². The maximum absolute atomic E-state index is 12.9. The van der Waals surface area contributed by atoms with Crippen LogP contribution in [0.25, 0.3) is 6.08 Å². The van der Waals surface area contributed by atoms with Crippen LogP contribution in [0.15, 0.2) is 48.0 Å². The minimum atomic E-state index is -1.43. The number of rotatable bonds is 5. The van der Waals surface area contributed by atoms with Gasteiger partial charge in [-0.2, -0.15) is 0 Å². The number of imide groups is 2. The third-order valence-corrected chi connectivity index (χ3v) is 4.36. The lowest BCUT2D eigenvalue weighted by atomic mass is 10.0. The molecule has 148 valence electrons. The van der Waals surface area contributed by atoms with Crippen molar-refractivity contribution in [3.63, 3.8) is 0 Å². The second-order valence-corrected chi connectivity index (χ2v) is 6.29. The first kappa shape index (κ1) is 20.1. The van der Waals surface area contributed by atoms with Crippen LogP contribution in [0.5, 0.6) is 5.75 Å². The number of barbiturate groups is 1. The fourth-order valence-corrected chi connectivity index (χ4v) is 2.96. The molecule has 1 aliphatic heterocycles. The van der Waals surface area contributed by atoms with Crippen LogP contribution in [-0.2, 0) is 9.59 Å². The Balaban J connectivity index is 2.11. The van der Waals surface area contributed by atoms with Crippen molar-refractivity contribution in [2.45, 2.75) is 6.92 Å². The average Bonchev–Trinajstić information content (AvgIpc) is 2.67. The molecule has 2 aromatic rings. The molecule has 0 atom stereocenters. The molecule has 0 aliphatic carbocycles. The summed E-state index contributed by atoms with van der Waals surface area (Å²) in [7, 11) is 0. The van der Waals surface area contributed by atoms with Gasteiger partial charge in [0, 0.05) is 5.56 Å². The number of para-hydroxylation sites is 1. The molecule has 3 rings (SSSR count). The summed E-state index contributed by atoms with van der Waals surface area (Å²) < 4.78 is 5.43. The lowest BCUT2D eigenvalue weighted by Crippen LogP contribution is -2.54. The third-order valence-electron chi connectivity index (χ3n) is 4.04. The van der Waals surface area contributed by atoms with E-state index in [0.717, 1.165) is 11.0 Å². The molecule has 29 heavy (non-hydrogen) atoms. The standard InChI is InChI=1S/C20H15ClN2O6/c1-2-29-16-8-7-11(19(26)27)9-12(16)10-13-17(24)22-20(28)23(18(13)25)15-6-4-3-5-14(15)21/h3-10H,2H2,1H3,(H,26,27)(H,22,24,28)/p-1/b13-10+. The third kappa shape index (κ3) is 3.97. The molecule has 1 fully saturated rings. The van der Waals surface area contributed by atoms with Crippen molar-refractivity contribution >= 4 is 47.2 Å². The summed E-state index contributed by atoms with van der Waals surface area (Å²) in [5.41, 5.74) is -0.284. The number of carbonyl (C=O) groups is 4. The summed E-state index contributed by atoms with van der Waals surface area (Å²) in [6, 6.07) is 9.10. The Labute approximate surface area is 170 Å². The van der Waals surface area contributed by atoms with E-state index in [0.29, 0.717) is 0 Å². The second-order valence-electron chi connectivity index (χ2n) is 5.88. The minimum Gasteiger partial charge on any atom is -0.545 e. The number of amides is 4. The van der Waals surface area contributed by atoms with Crippen LogP contribution in [0.2, 0.25) is 5.02 Å². The van der Waals surface area contributed by atoms with Crippen LogP contribution >= 0.6 is 11.6 Å². The highest BCUT2D eigenvalue weighted by molar-refractivity contribution is 6.42. The first-order valence-corrected chi connectivity index (χ1v) is 8.85. The largest absolute Gasteiger partial charge is 0.545 e. The maximum Gasteiger partial charge on any atom is 0.335 e. The molecule has 8 nitrogen and oxygen atoms in total. The maximum atomic E-state index is 12.9. The number of nitrogens with one attached hydrogen (secondary N) is 1. The number of benzene rings is 2. The molecule has 0 spiro atoms. The fourth-order valence-electron chi connectivity index (χ4n) is 2.74. The van der Waals surface area contributed by atoms with Crippen molar-refractivity contribution in [3.8, 4) is 5.75 Å². The first-order valence-electron chi connectivity index (χ1n) is 8.47. The van der Waals surface area contributed by atoms with Crippen LogP contribution in [0, 0.1) is 0 Å². The predicted octanol–water partition coefficient (Wildman–Crippen LogP) is 1.77. The molecular formula is C20H14ClN2O6-. The Morgan fingerprint density at radius 2 is 1.93 bits per heavy atom. The summed E-state index contributed by atoms with van der Waals surface area (Å²) in [6.45, 7) is 1.99. The van der Waals surface area contributed by atoms with Gasteiger partial charge in [-0.05, 0) is 48.9 Å². The number of hydrogen-bond donors (Lipinski definition) is 1. The van der Waals surface area contributed by atoms with Gasteiger partial charge in [-0.3, -0.25) is 14.9 Å². The molecule has 0 bridgehead atoms. The van der Waals surface area contributed by atoms with Crippen LogP contribution in [-0.4, -0.2) is 30.4 Å². The van der Waals surface area contributed by atoms with Gasteiger partial charge in [-0.15, -0.1) is 0 Å². The average molecular weight is 414 g/mol. The highest BCUT2D eigenvalue weighted by atomic mass is 35.5. The van der Waals surface area contributed by atoms with E-state index >= 15 is 0 Å². The Morgan fingerprint density at radius 3 is 2.59 bits per heavy atom. The van der Waals surface area contributed by atoms with Gasteiger partial charge in [0.2, 0.25) is 0 Å². The van der Waals surface area contributed by atoms with Crippen molar-refractivity contribution in [1.29, 1.82) is 0 Å². The van der Waals surface area contributed by atoms with E-state index in [-0.39, 0.29) is 39.8 Å². The lowest BCUT2D eigenvalue weighted by Gasteiger charge is -2.27. The number of nitrogens with zero attached hydrogens (tertiary/aromatic N) is 1. The van der Waals surface area contributed by atoms with E-state index in [1.54, 1.807) is 19.1 Å². The number of carbonyl (C=O) groups excluding carboxylic acids is 4. The van der Waals surface area contributed by atoms with Gasteiger partial charge in [0.25, 0.3) is 11.8 Å². The Kier molecular flexibility index (Phi) is 5.65. The lowest BCUT2D eigenvalue weighted by molar-refractivity contribution is -0.255. The Hall–Kier alpha value is -3.65. The number of carboxylic acid groups (broad SMARTS) is 1. The Bertz CT molecular complexity index is 1060. The van der Waals surface area contributed by atoms with E-state index in [9.17, 15) is 24.3 Å². The van der Waals surface area contributed by atoms with Gasteiger partial charge in [0.15, 0.2) is 0 Å². The molecule has 1 heterocycles. The van der Waals surface area contributed by atoms with Gasteiger partial charge in [0.1, 0.15) is 11.3 Å². The molecule has 0 radical (unpaired) electrons. The number of carboxylic acids is 1. The molecule has 2 aromatic carbocycles. The number of halogens is 1. The SMILES string of the molecule is CCOc1ccc(C(=O)[O-])cc1/C=C1\C(=O)NC(=O)N(c2ccccc2Cl)C1=O. The summed E-state index contributed by atoms with van der Waals surface area (Å²) in [5, 5.41) is 13.4. The molecule has 1 N–H and O–H groups in total. The molecular weight excluding hydrogens is 400 g/mol. The van der Waals surface area contributed by atoms with Crippen molar-refractivity contribution in [3.05, 3.63) is 64.2 Å². The monoisotopic (exact) mass is 413 g/mol. The molecule has 9 heteroatoms. The Morgan fingerprint density at radius 1 is 1.21 bits per heavy atom. The molecule has 0 saturated carbocycles. The summed E-state index contributed by atoms with van der Waals surface area (Å²) in [6.07, 6.45) is 1.16. The quantitative estimate of drug-likeness (QED) is 0.590. The number of urea groups is 1. The van der Waals surface area contributed by atoms with Crippen molar-refractivity contribution in [1.82, 2.24) is 5.32 Å². The second kappa shape index (κ2) is 8.15. The van der Waals surface area contributed by atoms with Crippen LogP contribution in [0.3, 0.4) is 0 Å². The smallest absolute Gasteiger partial charge is 0.335 e. The summed E-state index contributed by atoms with van der Waals surface area (Å²) in [4.78, 5) is 49.4. The summed E-state index contributed by atoms with van der Waals surface area (Å²) in [5.74, 6) is -3.01. The van der Waals surface area contributed by atoms with Crippen LogP contribution in [0.4, 0.5) is 10.5 Å². The zero-order chi connectivity index (χ0) is 21.1. The van der Waals surface area contributed by atoms with E-state index in [1.807, 2.05) is 0 Å². The van der Waals surface area contributed by atoms with E-state index in [1.165, 1.54) is 30.3 Å². The summed E-state index contributed by atoms with van der Waals surface area (Å²) >= 11 is 6.08. The van der Waals surface area contributed by atoms with Gasteiger partial charge in [-0.1, -0.05) is 23.7 Å². The molecule has 0 aromatic heterocycles. The highest BCUT2D eigenvalue weighted by Crippen LogP contribution is 2.30. The zero-order valence-corrected chi connectivity index (χ0v) is 15.9. The van der Waals surface area contributed by atoms with Gasteiger partial charge in [-0.25, -0.2) is 9.69 Å². The van der Waals surface area contributed by atoms with E-state index in [4.69, 9.17) is 16.3 Å². The number of ether oxygens (including phenoxy) is 1. The van der Waals surface area contributed by atoms with Crippen molar-refractivity contribution in [2.24, 2.45) is 0 Å². The minimum absolute atomic E-state index is 0.101. The zero-order valence-electron chi connectivity index (χ0n) is 15.1. The number of hydrogen-bond acceptors (Lipinski definition) is 6. The van der Waals surface area contributed by atoms with E-state index < -0.39 is 23.8 Å². The first-order chi connectivity index (χ1) is 13.8.